The summed E-state index contributed by atoms with van der Waals surface area (Å²) < 4.78 is 0. The third kappa shape index (κ3) is 805. The minimum absolute atomic E-state index is 0. The predicted octanol–water partition coefficient (Wildman–Crippen LogP) is 3.31. The maximum Gasteiger partial charge on any atom is 0 e. The molecule has 0 bridgehead atoms. The summed E-state index contributed by atoms with van der Waals surface area (Å²) in [6, 6.07) is 0. The molecule has 1 heteroatoms. The molecule has 0 N–H and O–H groups in total. The van der Waals surface area contributed by atoms with Crippen LogP contribution >= 0.6 is 0 Å². The molecule has 0 spiro atoms. The smallest absolute Gasteiger partial charge is 0 e. The summed E-state index contributed by atoms with van der Waals surface area (Å²) in [6.07, 6.45) is 6.00. The minimum atomic E-state index is 0. The monoisotopic (exact) mass is 250 g/mol. The molecule has 0 aliphatic carbocycles. The second kappa shape index (κ2) is 52.4. The second-order valence-corrected chi connectivity index (χ2v) is 1.73. The molecule has 0 rings (SSSR count). The average molecular weight is 251 g/mol. The van der Waals surface area contributed by atoms with Crippen LogP contribution < -0.4 is 0 Å². The minimum Gasteiger partial charge on any atom is -0.0625 e. The van der Waals surface area contributed by atoms with Gasteiger partial charge >= 0.3 is 0 Å². The van der Waals surface area contributed by atoms with E-state index in [-0.39, 0.29) is 24.4 Å². The molecule has 0 fully saturated rings. The van der Waals surface area contributed by atoms with Crippen molar-refractivity contribution in [3.63, 3.8) is 0 Å². The Morgan fingerprint density at radius 2 is 0.500 bits per heavy atom. The van der Waals surface area contributed by atoms with Gasteiger partial charge in [0.25, 0.3) is 0 Å². The molecule has 0 saturated heterocycles. The standard InChI is InChI=1S/3C3H7.Sb/c3*1-3-2;/h3*3H,1-2H3;. The van der Waals surface area contributed by atoms with Gasteiger partial charge in [-0.2, -0.15) is 0 Å². The topological polar surface area (TPSA) is 0 Å². The van der Waals surface area contributed by atoms with E-state index in [9.17, 15) is 0 Å². The molecule has 0 heterocycles. The van der Waals surface area contributed by atoms with Gasteiger partial charge in [0.15, 0.2) is 0 Å². The van der Waals surface area contributed by atoms with E-state index in [1.807, 2.05) is 60.8 Å². The Kier molecular flexibility index (Phi) is 117. The van der Waals surface area contributed by atoms with Crippen LogP contribution in [0, 0.1) is 19.3 Å². The number of hydrogen-bond acceptors (Lipinski definition) is 0. The molecule has 0 unspecified atom stereocenters. The van der Waals surface area contributed by atoms with Crippen LogP contribution in [-0.4, -0.2) is 24.4 Å². The molecular weight excluding hydrogens is 230 g/mol. The summed E-state index contributed by atoms with van der Waals surface area (Å²) in [7, 11) is 0. The van der Waals surface area contributed by atoms with E-state index in [0.29, 0.717) is 0 Å². The van der Waals surface area contributed by atoms with Crippen molar-refractivity contribution in [1.29, 1.82) is 0 Å². The fourth-order valence-electron chi connectivity index (χ4n) is 0. The van der Waals surface area contributed by atoms with E-state index >= 15 is 0 Å². The van der Waals surface area contributed by atoms with E-state index < -0.39 is 0 Å². The quantitative estimate of drug-likeness (QED) is 0.579. The summed E-state index contributed by atoms with van der Waals surface area (Å²) >= 11 is 0. The van der Waals surface area contributed by atoms with Gasteiger partial charge in [0, 0.05) is 24.4 Å². The molecule has 0 aromatic heterocycles. The summed E-state index contributed by atoms with van der Waals surface area (Å²) in [5.41, 5.74) is 0. The van der Waals surface area contributed by atoms with Crippen LogP contribution in [0.2, 0.25) is 0 Å². The first-order valence-corrected chi connectivity index (χ1v) is 3.46. The Labute approximate surface area is 85.2 Å². The Morgan fingerprint density at radius 3 is 0.500 bits per heavy atom. The van der Waals surface area contributed by atoms with Crippen molar-refractivity contribution in [3.05, 3.63) is 19.3 Å². The fraction of sp³-hybridized carbons (Fsp3) is 0.667. The van der Waals surface area contributed by atoms with Crippen molar-refractivity contribution in [2.24, 2.45) is 0 Å². The first kappa shape index (κ1) is 22.4. The van der Waals surface area contributed by atoms with E-state index in [0.717, 1.165) is 0 Å². The molecule has 0 aliphatic rings. The third-order valence-electron chi connectivity index (χ3n) is 0. The molecular formula is C9H21Sb. The normalized spacial score (nSPS) is 5.40. The summed E-state index contributed by atoms with van der Waals surface area (Å²) in [5, 5.41) is 0. The van der Waals surface area contributed by atoms with Gasteiger partial charge < -0.3 is 0 Å². The van der Waals surface area contributed by atoms with Crippen molar-refractivity contribution in [2.45, 2.75) is 41.5 Å². The van der Waals surface area contributed by atoms with E-state index in [1.54, 1.807) is 0 Å². The van der Waals surface area contributed by atoms with Crippen LogP contribution in [0.3, 0.4) is 0 Å². The molecule has 0 saturated carbocycles. The Hall–Kier alpha value is 0.818. The summed E-state index contributed by atoms with van der Waals surface area (Å²) in [4.78, 5) is 0. The maximum absolute atomic E-state index is 2.00. The van der Waals surface area contributed by atoms with Gasteiger partial charge in [-0.15, -0.1) is 0 Å². The number of rotatable bonds is 0. The van der Waals surface area contributed by atoms with Gasteiger partial charge in [-0.05, 0) is 19.3 Å². The molecule has 0 amide bonds. The molecule has 0 aromatic rings. The predicted molar refractivity (Wildman–Crippen MR) is 52.7 cm³/mol. The van der Waals surface area contributed by atoms with E-state index in [2.05, 4.69) is 0 Å². The van der Waals surface area contributed by atoms with Crippen LogP contribution in [0.1, 0.15) is 41.5 Å². The van der Waals surface area contributed by atoms with Gasteiger partial charge in [0.1, 0.15) is 0 Å². The Bertz CT molecular complexity index is 9.44. The van der Waals surface area contributed by atoms with Gasteiger partial charge in [-0.25, -0.2) is 0 Å². The first-order valence-electron chi connectivity index (χ1n) is 3.46. The van der Waals surface area contributed by atoms with Gasteiger partial charge in [-0.3, -0.25) is 0 Å². The van der Waals surface area contributed by atoms with Crippen molar-refractivity contribution >= 4 is 24.4 Å². The van der Waals surface area contributed by atoms with Crippen LogP contribution in [0.15, 0.2) is 0 Å². The molecule has 0 atom stereocenters. The van der Waals surface area contributed by atoms with Crippen molar-refractivity contribution in [3.8, 4) is 0 Å². The zero-order valence-electron chi connectivity index (χ0n) is 8.18. The third-order valence-corrected chi connectivity index (χ3v) is 0. The first-order chi connectivity index (χ1) is 4.24. The van der Waals surface area contributed by atoms with Crippen LogP contribution in [0.5, 0.6) is 0 Å². The molecule has 6 radical (unpaired) electrons. The van der Waals surface area contributed by atoms with Crippen LogP contribution in [0.25, 0.3) is 0 Å². The van der Waals surface area contributed by atoms with Gasteiger partial charge in [-0.1, -0.05) is 41.5 Å². The average Bonchev–Trinajstić information content (AvgIpc) is 1.70. The zero-order chi connectivity index (χ0) is 8.12. The van der Waals surface area contributed by atoms with Crippen LogP contribution in [-0.2, 0) is 0 Å². The molecule has 0 aliphatic heterocycles. The van der Waals surface area contributed by atoms with E-state index in [1.165, 1.54) is 0 Å². The molecule has 62 valence electrons. The SMILES string of the molecule is C[CH]C.C[CH]C.C[CH]C.[Sb]. The van der Waals surface area contributed by atoms with E-state index in [4.69, 9.17) is 0 Å². The molecule has 0 nitrogen and oxygen atoms in total. The largest absolute Gasteiger partial charge is 0.0625 e. The van der Waals surface area contributed by atoms with Gasteiger partial charge in [0.05, 0.1) is 0 Å². The molecule has 0 aromatic carbocycles. The maximum atomic E-state index is 2.00. The zero-order valence-corrected chi connectivity index (χ0v) is 10.7. The molecule has 10 heavy (non-hydrogen) atoms. The van der Waals surface area contributed by atoms with Crippen molar-refractivity contribution in [1.82, 2.24) is 0 Å². The van der Waals surface area contributed by atoms with Crippen LogP contribution in [0.4, 0.5) is 0 Å². The summed E-state index contributed by atoms with van der Waals surface area (Å²) in [6.45, 7) is 12.0. The van der Waals surface area contributed by atoms with Crippen molar-refractivity contribution < 1.29 is 0 Å². The Morgan fingerprint density at radius 1 is 0.500 bits per heavy atom. The summed E-state index contributed by atoms with van der Waals surface area (Å²) in [5.74, 6) is 0. The Balaban J connectivity index is -0.0000000257. The fourth-order valence-corrected chi connectivity index (χ4v) is 0. The van der Waals surface area contributed by atoms with Crippen molar-refractivity contribution in [2.75, 3.05) is 0 Å². The second-order valence-electron chi connectivity index (χ2n) is 1.73. The van der Waals surface area contributed by atoms with Gasteiger partial charge in [0.2, 0.25) is 0 Å². The number of hydrogen-bond donors (Lipinski definition) is 0.